The summed E-state index contributed by atoms with van der Waals surface area (Å²) in [6.07, 6.45) is 5.96. The van der Waals surface area contributed by atoms with Crippen LogP contribution in [0.4, 0.5) is 11.5 Å². The molecule has 0 bridgehead atoms. The Balaban J connectivity index is 1.29. The minimum absolute atomic E-state index is 0.0216. The van der Waals surface area contributed by atoms with Gasteiger partial charge < -0.3 is 24.3 Å². The third-order valence-corrected chi connectivity index (χ3v) is 10.0. The molecule has 2 fully saturated rings. The second-order valence-electron chi connectivity index (χ2n) is 12.1. The minimum atomic E-state index is -3.37. The van der Waals surface area contributed by atoms with Crippen LogP contribution in [0.3, 0.4) is 0 Å². The lowest BCUT2D eigenvalue weighted by Gasteiger charge is -2.35. The zero-order valence-corrected chi connectivity index (χ0v) is 27.0. The fraction of sp³-hybridized carbons (Fsp3) is 0.469. The lowest BCUT2D eigenvalue weighted by atomic mass is 10.0. The zero-order chi connectivity index (χ0) is 31.0. The molecule has 0 radical (unpaired) electrons. The van der Waals surface area contributed by atoms with Gasteiger partial charge in [0.05, 0.1) is 17.3 Å². The maximum absolute atomic E-state index is 12.7. The minimum Gasteiger partial charge on any atom is -0.462 e. The van der Waals surface area contributed by atoms with E-state index in [2.05, 4.69) is 46.0 Å². The number of amides is 1. The van der Waals surface area contributed by atoms with Crippen LogP contribution in [-0.4, -0.2) is 99.3 Å². The first-order chi connectivity index (χ1) is 21.1. The maximum atomic E-state index is 12.7. The fourth-order valence-electron chi connectivity index (χ4n) is 6.57. The molecule has 4 heterocycles. The molecular weight excluding hydrogens is 600 g/mol. The molecule has 2 atom stereocenters. The Morgan fingerprint density at radius 3 is 2.68 bits per heavy atom. The number of carbonyl (C=O) groups is 1. The maximum Gasteiger partial charge on any atom is 0.318 e. The number of hydrogen-bond acceptors (Lipinski definition) is 9. The van der Waals surface area contributed by atoms with Gasteiger partial charge in [-0.1, -0.05) is 35.9 Å². The summed E-state index contributed by atoms with van der Waals surface area (Å²) in [5.74, 6) is 0.525. The Hall–Kier alpha value is -3.41. The standard InChI is InChI=1S/C32H39ClN6O4S/c1-36-15-6-9-24(36)21-43-32-34-27-20-38(28-11-5-8-22-7-4-10-26(33)30(22)28)17-13-25(27)31(35-32)37(2)23-12-16-39(19-23)29(40)14-18-44(3,41)42/h4-5,7-8,10-11,14,18,23-24H,6,9,12-13,15-17,19-21H2,1-3H3. The molecule has 0 N–H and O–H groups in total. The number of likely N-dealkylation sites (N-methyl/N-ethyl adjacent to an activating group) is 2. The molecule has 1 amide bonds. The molecule has 10 nitrogen and oxygen atoms in total. The second-order valence-corrected chi connectivity index (χ2v) is 14.4. The summed E-state index contributed by atoms with van der Waals surface area (Å²) >= 11 is 6.69. The monoisotopic (exact) mass is 638 g/mol. The Bertz CT molecular complexity index is 1690. The third kappa shape index (κ3) is 6.50. The smallest absolute Gasteiger partial charge is 0.318 e. The van der Waals surface area contributed by atoms with Gasteiger partial charge in [-0.25, -0.2) is 8.42 Å². The van der Waals surface area contributed by atoms with Gasteiger partial charge in [0.1, 0.15) is 12.4 Å². The molecule has 2 unspecified atom stereocenters. The van der Waals surface area contributed by atoms with Crippen LogP contribution < -0.4 is 14.5 Å². The van der Waals surface area contributed by atoms with Crippen molar-refractivity contribution in [2.45, 2.75) is 44.3 Å². The van der Waals surface area contributed by atoms with Gasteiger partial charge in [0.15, 0.2) is 9.84 Å². The number of hydrogen-bond donors (Lipinski definition) is 0. The highest BCUT2D eigenvalue weighted by Crippen LogP contribution is 2.37. The average Bonchev–Trinajstić information content (AvgIpc) is 3.66. The molecule has 0 saturated carbocycles. The fourth-order valence-corrected chi connectivity index (χ4v) is 7.21. The molecular formula is C32H39ClN6O4S. The Morgan fingerprint density at radius 2 is 1.93 bits per heavy atom. The van der Waals surface area contributed by atoms with Crippen molar-refractivity contribution in [3.05, 3.63) is 64.2 Å². The molecule has 12 heteroatoms. The summed E-state index contributed by atoms with van der Waals surface area (Å²) in [7, 11) is 0.762. The summed E-state index contributed by atoms with van der Waals surface area (Å²) < 4.78 is 29.3. The highest BCUT2D eigenvalue weighted by atomic mass is 35.5. The second kappa shape index (κ2) is 12.5. The summed E-state index contributed by atoms with van der Waals surface area (Å²) in [5, 5.41) is 3.82. The number of ether oxygens (including phenoxy) is 1. The van der Waals surface area contributed by atoms with E-state index in [0.717, 1.165) is 95.1 Å². The number of halogens is 1. The molecule has 1 aromatic heterocycles. The molecule has 0 spiro atoms. The normalized spacial score (nSPS) is 20.9. The van der Waals surface area contributed by atoms with Crippen molar-refractivity contribution in [2.75, 3.05) is 62.9 Å². The van der Waals surface area contributed by atoms with Crippen LogP contribution in [0.2, 0.25) is 5.02 Å². The summed E-state index contributed by atoms with van der Waals surface area (Å²) in [5.41, 5.74) is 3.09. The van der Waals surface area contributed by atoms with Crippen LogP contribution in [0.1, 0.15) is 30.5 Å². The SMILES string of the molecule is CN1CCCC1COc1nc2c(c(N(C)C3CCN(C(=O)C=CS(C)(=O)=O)C3)n1)CCN(c1cccc3cccc(Cl)c13)C2. The highest BCUT2D eigenvalue weighted by molar-refractivity contribution is 7.93. The molecule has 3 aromatic rings. The van der Waals surface area contributed by atoms with E-state index < -0.39 is 9.84 Å². The van der Waals surface area contributed by atoms with Crippen molar-refractivity contribution in [1.29, 1.82) is 0 Å². The van der Waals surface area contributed by atoms with Gasteiger partial charge in [-0.15, -0.1) is 0 Å². The molecule has 2 saturated heterocycles. The van der Waals surface area contributed by atoms with E-state index in [9.17, 15) is 13.2 Å². The van der Waals surface area contributed by atoms with Crippen LogP contribution in [-0.2, 0) is 27.6 Å². The van der Waals surface area contributed by atoms with E-state index in [1.807, 2.05) is 19.2 Å². The van der Waals surface area contributed by atoms with Crippen molar-refractivity contribution in [2.24, 2.45) is 0 Å². The number of rotatable bonds is 8. The lowest BCUT2D eigenvalue weighted by Crippen LogP contribution is -2.39. The molecule has 6 rings (SSSR count). The van der Waals surface area contributed by atoms with E-state index in [4.69, 9.17) is 26.3 Å². The van der Waals surface area contributed by atoms with Crippen molar-refractivity contribution in [3.63, 3.8) is 0 Å². The Morgan fingerprint density at radius 1 is 1.14 bits per heavy atom. The number of anilines is 2. The van der Waals surface area contributed by atoms with Crippen LogP contribution in [0.5, 0.6) is 6.01 Å². The Labute approximate surface area is 264 Å². The Kier molecular flexibility index (Phi) is 8.72. The van der Waals surface area contributed by atoms with Gasteiger partial charge in [0, 0.05) is 73.1 Å². The van der Waals surface area contributed by atoms with Crippen molar-refractivity contribution >= 4 is 49.6 Å². The van der Waals surface area contributed by atoms with Crippen LogP contribution in [0, 0.1) is 0 Å². The van der Waals surface area contributed by atoms with Gasteiger partial charge >= 0.3 is 6.01 Å². The summed E-state index contributed by atoms with van der Waals surface area (Å²) in [6.45, 7) is 3.98. The van der Waals surface area contributed by atoms with Gasteiger partial charge in [-0.2, -0.15) is 9.97 Å². The highest BCUT2D eigenvalue weighted by Gasteiger charge is 2.33. The number of benzene rings is 2. The van der Waals surface area contributed by atoms with E-state index in [-0.39, 0.29) is 11.9 Å². The van der Waals surface area contributed by atoms with Gasteiger partial charge in [0.2, 0.25) is 5.91 Å². The molecule has 3 aliphatic rings. The van der Waals surface area contributed by atoms with E-state index in [1.165, 1.54) is 0 Å². The van der Waals surface area contributed by atoms with E-state index in [0.29, 0.717) is 38.3 Å². The average molecular weight is 639 g/mol. The van der Waals surface area contributed by atoms with Crippen LogP contribution in [0.25, 0.3) is 10.8 Å². The quantitative estimate of drug-likeness (QED) is 0.340. The van der Waals surface area contributed by atoms with Crippen molar-refractivity contribution in [3.8, 4) is 6.01 Å². The molecule has 0 aliphatic carbocycles. The molecule has 2 aromatic carbocycles. The molecule has 44 heavy (non-hydrogen) atoms. The van der Waals surface area contributed by atoms with E-state index >= 15 is 0 Å². The van der Waals surface area contributed by atoms with Crippen LogP contribution >= 0.6 is 11.6 Å². The first kappa shape index (κ1) is 30.6. The number of sulfone groups is 1. The first-order valence-electron chi connectivity index (χ1n) is 15.1. The van der Waals surface area contributed by atoms with Gasteiger partial charge in [-0.3, -0.25) is 4.79 Å². The predicted octanol–water partition coefficient (Wildman–Crippen LogP) is 3.91. The number of likely N-dealkylation sites (tertiary alicyclic amines) is 2. The largest absolute Gasteiger partial charge is 0.462 e. The molecule has 234 valence electrons. The number of nitrogens with zero attached hydrogens (tertiary/aromatic N) is 6. The summed E-state index contributed by atoms with van der Waals surface area (Å²) in [6, 6.07) is 13.0. The third-order valence-electron chi connectivity index (χ3n) is 9.09. The van der Waals surface area contributed by atoms with Gasteiger partial charge in [0.25, 0.3) is 0 Å². The van der Waals surface area contributed by atoms with Crippen LogP contribution in [0.15, 0.2) is 47.9 Å². The number of carbonyl (C=O) groups excluding carboxylic acids is 1. The van der Waals surface area contributed by atoms with Crippen molar-refractivity contribution in [1.82, 2.24) is 19.8 Å². The van der Waals surface area contributed by atoms with E-state index in [1.54, 1.807) is 4.90 Å². The summed E-state index contributed by atoms with van der Waals surface area (Å²) in [4.78, 5) is 31.1. The van der Waals surface area contributed by atoms with Crippen molar-refractivity contribution < 1.29 is 17.9 Å². The zero-order valence-electron chi connectivity index (χ0n) is 25.4. The molecule has 3 aliphatic heterocycles. The lowest BCUT2D eigenvalue weighted by molar-refractivity contribution is -0.125. The number of fused-ring (bicyclic) bond motifs is 2. The first-order valence-corrected chi connectivity index (χ1v) is 17.5. The van der Waals surface area contributed by atoms with Gasteiger partial charge in [-0.05, 0) is 56.8 Å². The number of aromatic nitrogens is 2. The predicted molar refractivity (Wildman–Crippen MR) is 174 cm³/mol. The topological polar surface area (TPSA) is 99.2 Å².